The Balaban J connectivity index is 1.42. The summed E-state index contributed by atoms with van der Waals surface area (Å²) in [5.41, 5.74) is 23.6. The van der Waals surface area contributed by atoms with Crippen molar-refractivity contribution in [1.29, 1.82) is 0 Å². The molecule has 3 heterocycles. The van der Waals surface area contributed by atoms with Gasteiger partial charge in [-0.2, -0.15) is 0 Å². The van der Waals surface area contributed by atoms with Gasteiger partial charge in [0.25, 0.3) is 0 Å². The first-order valence-electron chi connectivity index (χ1n) is 14.4. The van der Waals surface area contributed by atoms with Crippen LogP contribution in [0.5, 0.6) is 0 Å². The number of hydrogen-bond donors (Lipinski definition) is 11. The Bertz CT molecular complexity index is 954. The van der Waals surface area contributed by atoms with Crippen LogP contribution >= 0.6 is 0 Å². The number of nitrogens with zero attached hydrogens (tertiary/aromatic N) is 1. The highest BCUT2D eigenvalue weighted by molar-refractivity contribution is 5.81. The lowest BCUT2D eigenvalue weighted by Crippen LogP contribution is -2.67. The molecule has 18 nitrogen and oxygen atoms in total. The quantitative estimate of drug-likeness (QED) is 0.106. The van der Waals surface area contributed by atoms with Crippen molar-refractivity contribution in [2.24, 2.45) is 33.8 Å². The molecule has 0 aromatic carbocycles. The molecule has 1 aliphatic carbocycles. The van der Waals surface area contributed by atoms with Gasteiger partial charge in [0.1, 0.15) is 36.6 Å². The summed E-state index contributed by atoms with van der Waals surface area (Å²) < 4.78 is 29.8. The van der Waals surface area contributed by atoms with Crippen LogP contribution in [0, 0.1) is 5.92 Å². The molecule has 4 aliphatic rings. The molecule has 4 rings (SSSR count). The number of amides is 1. The first-order valence-corrected chi connectivity index (χ1v) is 14.4. The minimum atomic E-state index is -1.46. The number of carbonyl (C=O) groups excluding carboxylic acids is 1. The fourth-order valence-corrected chi connectivity index (χ4v) is 5.99. The van der Waals surface area contributed by atoms with E-state index < -0.39 is 116 Å². The molecule has 0 radical (unpaired) electrons. The number of aliphatic imine (C=N–C) groups is 1. The molecule has 0 aromatic heterocycles. The predicted molar refractivity (Wildman–Crippen MR) is 146 cm³/mol. The molecule has 15 N–H and O–H groups in total. The highest BCUT2D eigenvalue weighted by Crippen LogP contribution is 2.37. The van der Waals surface area contributed by atoms with E-state index in [1.54, 1.807) is 0 Å². The van der Waals surface area contributed by atoms with E-state index in [2.05, 4.69) is 10.3 Å². The Kier molecular flexibility index (Phi) is 11.8. The predicted octanol–water partition coefficient (Wildman–Crippen LogP) is -6.71. The standard InChI is InChI=1S/C25H46N6O12/c1-30-6-8-17(35)21-15(3-11(29)24(42-21)41-20-10(28)2-9(27)18(36)19(20)37)39-23(8)43-25-13(33)4-12(16(7-32)40-25)31-22(38)14(34)5-26/h6,8-21,23-25,32-37H,2-5,7,26-29H2,1H3,(H,31,38)/b30-6+/t8?,9-,10?,11?,12+,13?,14+,15+,16?,17?,18?,19?,20-,21?,23?,24+,25-/m1/s1. The lowest BCUT2D eigenvalue weighted by atomic mass is 9.84. The zero-order chi connectivity index (χ0) is 31.6. The number of nitrogens with two attached hydrogens (primary N) is 4. The van der Waals surface area contributed by atoms with Gasteiger partial charge in [-0.3, -0.25) is 4.79 Å². The molecule has 4 fully saturated rings. The van der Waals surface area contributed by atoms with E-state index in [0.29, 0.717) is 0 Å². The first-order chi connectivity index (χ1) is 20.4. The van der Waals surface area contributed by atoms with Gasteiger partial charge in [0.2, 0.25) is 5.91 Å². The normalized spacial score (nSPS) is 48.1. The number of aliphatic hydroxyl groups is 6. The molecule has 18 heteroatoms. The van der Waals surface area contributed by atoms with Gasteiger partial charge in [0, 0.05) is 38.3 Å². The van der Waals surface area contributed by atoms with E-state index in [-0.39, 0.29) is 25.8 Å². The summed E-state index contributed by atoms with van der Waals surface area (Å²) in [6.07, 6.45) is -12.4. The van der Waals surface area contributed by atoms with Crippen molar-refractivity contribution in [3.05, 3.63) is 0 Å². The molecule has 0 aromatic rings. The summed E-state index contributed by atoms with van der Waals surface area (Å²) in [6.45, 7) is -0.850. The second kappa shape index (κ2) is 14.8. The lowest BCUT2D eigenvalue weighted by Gasteiger charge is -2.50. The van der Waals surface area contributed by atoms with Crippen LogP contribution in [0.3, 0.4) is 0 Å². The van der Waals surface area contributed by atoms with E-state index in [0.717, 1.165) is 0 Å². The number of fused-ring (bicyclic) bond motifs is 1. The summed E-state index contributed by atoms with van der Waals surface area (Å²) in [4.78, 5) is 16.1. The van der Waals surface area contributed by atoms with Crippen molar-refractivity contribution < 1.29 is 59.1 Å². The van der Waals surface area contributed by atoms with Gasteiger partial charge < -0.3 is 87.6 Å². The summed E-state index contributed by atoms with van der Waals surface area (Å²) in [7, 11) is 1.48. The van der Waals surface area contributed by atoms with Crippen LogP contribution in [0.15, 0.2) is 4.99 Å². The Hall–Kier alpha value is -1.46. The van der Waals surface area contributed by atoms with Crippen molar-refractivity contribution >= 4 is 12.1 Å². The molecular weight excluding hydrogens is 576 g/mol. The van der Waals surface area contributed by atoms with Crippen molar-refractivity contribution in [2.75, 3.05) is 20.2 Å². The van der Waals surface area contributed by atoms with E-state index in [9.17, 15) is 35.4 Å². The third-order valence-corrected chi connectivity index (χ3v) is 8.44. The highest BCUT2D eigenvalue weighted by atomic mass is 16.8. The van der Waals surface area contributed by atoms with Crippen LogP contribution in [0.25, 0.3) is 0 Å². The molecular formula is C25H46N6O12. The maximum absolute atomic E-state index is 12.1. The first kappa shape index (κ1) is 34.4. The van der Waals surface area contributed by atoms with Gasteiger partial charge in [0.05, 0.1) is 42.9 Å². The van der Waals surface area contributed by atoms with Gasteiger partial charge in [-0.25, -0.2) is 0 Å². The van der Waals surface area contributed by atoms with Crippen molar-refractivity contribution in [1.82, 2.24) is 5.32 Å². The Labute approximate surface area is 248 Å². The van der Waals surface area contributed by atoms with Gasteiger partial charge in [-0.05, 0) is 12.8 Å². The van der Waals surface area contributed by atoms with Crippen LogP contribution in [-0.4, -0.2) is 161 Å². The molecule has 0 bridgehead atoms. The lowest BCUT2D eigenvalue weighted by molar-refractivity contribution is -0.369. The van der Waals surface area contributed by atoms with E-state index in [4.69, 9.17) is 46.6 Å². The summed E-state index contributed by atoms with van der Waals surface area (Å²) >= 11 is 0. The monoisotopic (exact) mass is 622 g/mol. The number of aliphatic hydroxyl groups excluding tert-OH is 6. The summed E-state index contributed by atoms with van der Waals surface area (Å²) in [5.74, 6) is -1.69. The maximum atomic E-state index is 12.1. The fraction of sp³-hybridized carbons (Fsp3) is 0.920. The molecule has 248 valence electrons. The smallest absolute Gasteiger partial charge is 0.250 e. The van der Waals surface area contributed by atoms with Gasteiger partial charge in [-0.15, -0.1) is 0 Å². The largest absolute Gasteiger partial charge is 0.394 e. The topological polar surface area (TPSA) is 313 Å². The van der Waals surface area contributed by atoms with Crippen molar-refractivity contribution in [3.8, 4) is 0 Å². The van der Waals surface area contributed by atoms with Crippen molar-refractivity contribution in [2.45, 2.75) is 117 Å². The number of rotatable bonds is 9. The van der Waals surface area contributed by atoms with Gasteiger partial charge in [-0.1, -0.05) is 0 Å². The van der Waals surface area contributed by atoms with Crippen molar-refractivity contribution in [3.63, 3.8) is 0 Å². The SMILES string of the molecule is C/N=C/C1C(O[C@H]2OC(CO)[C@@H](NC(=O)[C@@H](O)CN)CC2O)O[C@H]2CC(N)[C@@H](O[C@@H]3C(N)C[C@@H](N)C(O)C3O)OC2C1O. The third kappa shape index (κ3) is 7.51. The molecule has 1 amide bonds. The number of carbonyl (C=O) groups is 1. The van der Waals surface area contributed by atoms with Crippen LogP contribution in [0.1, 0.15) is 19.3 Å². The Morgan fingerprint density at radius 3 is 2.33 bits per heavy atom. The number of ether oxygens (including phenoxy) is 5. The van der Waals surface area contributed by atoms with E-state index in [1.807, 2.05) is 0 Å². The molecule has 0 spiro atoms. The average molecular weight is 623 g/mol. The minimum Gasteiger partial charge on any atom is -0.394 e. The second-order valence-electron chi connectivity index (χ2n) is 11.6. The summed E-state index contributed by atoms with van der Waals surface area (Å²) in [5, 5.41) is 64.9. The molecule has 17 atom stereocenters. The third-order valence-electron chi connectivity index (χ3n) is 8.44. The molecule has 10 unspecified atom stereocenters. The zero-order valence-corrected chi connectivity index (χ0v) is 23.8. The maximum Gasteiger partial charge on any atom is 0.250 e. The van der Waals surface area contributed by atoms with Crippen LogP contribution in [0.4, 0.5) is 0 Å². The molecule has 1 saturated carbocycles. The Morgan fingerprint density at radius 1 is 0.953 bits per heavy atom. The van der Waals surface area contributed by atoms with Crippen LogP contribution in [0.2, 0.25) is 0 Å². The minimum absolute atomic E-state index is 0.0887. The Morgan fingerprint density at radius 2 is 1.67 bits per heavy atom. The number of hydrogen-bond acceptors (Lipinski definition) is 17. The molecule has 3 saturated heterocycles. The average Bonchev–Trinajstić information content (AvgIpc) is 2.97. The van der Waals surface area contributed by atoms with Gasteiger partial charge >= 0.3 is 0 Å². The number of nitrogens with one attached hydrogen (secondary N) is 1. The highest BCUT2D eigenvalue weighted by Gasteiger charge is 2.53. The zero-order valence-electron chi connectivity index (χ0n) is 23.8. The fourth-order valence-electron chi connectivity index (χ4n) is 5.99. The second-order valence-corrected chi connectivity index (χ2v) is 11.6. The summed E-state index contributed by atoms with van der Waals surface area (Å²) in [6, 6.07) is -3.06. The van der Waals surface area contributed by atoms with E-state index >= 15 is 0 Å². The molecule has 3 aliphatic heterocycles. The van der Waals surface area contributed by atoms with Crippen LogP contribution < -0.4 is 28.3 Å². The van der Waals surface area contributed by atoms with Crippen LogP contribution in [-0.2, 0) is 28.5 Å². The van der Waals surface area contributed by atoms with Gasteiger partial charge in [0.15, 0.2) is 18.9 Å². The van der Waals surface area contributed by atoms with E-state index in [1.165, 1.54) is 13.3 Å². The molecule has 43 heavy (non-hydrogen) atoms.